The Labute approximate surface area is 180 Å². The Kier molecular flexibility index (Phi) is 5.38. The fraction of sp³-hybridized carbons (Fsp3) is 0.190. The Bertz CT molecular complexity index is 1290. The van der Waals surface area contributed by atoms with Gasteiger partial charge in [-0.2, -0.15) is 0 Å². The first-order valence-corrected chi connectivity index (χ1v) is 10.3. The molecule has 10 heteroatoms. The van der Waals surface area contributed by atoms with Gasteiger partial charge in [-0.25, -0.2) is 4.79 Å². The zero-order valence-corrected chi connectivity index (χ0v) is 17.8. The minimum Gasteiger partial charge on any atom is -0.493 e. The summed E-state index contributed by atoms with van der Waals surface area (Å²) in [4.78, 5) is 37.9. The monoisotopic (exact) mass is 440 g/mol. The van der Waals surface area contributed by atoms with E-state index in [0.717, 1.165) is 0 Å². The van der Waals surface area contributed by atoms with Crippen LogP contribution in [-0.4, -0.2) is 33.5 Å². The van der Waals surface area contributed by atoms with Crippen LogP contribution in [0.15, 0.2) is 45.3 Å². The number of aryl methyl sites for hydroxylation is 2. The molecule has 4 N–H and O–H groups in total. The molecule has 0 aliphatic heterocycles. The number of benzene rings is 1. The molecule has 0 unspecified atom stereocenters. The van der Waals surface area contributed by atoms with Crippen molar-refractivity contribution in [3.05, 3.63) is 89.4 Å². The molecule has 3 heterocycles. The fourth-order valence-electron chi connectivity index (χ4n) is 3.58. The number of nitrogens with one attached hydrogen (secondary N) is 4. The van der Waals surface area contributed by atoms with Crippen LogP contribution in [0.1, 0.15) is 43.7 Å². The second kappa shape index (κ2) is 8.15. The molecule has 0 saturated heterocycles. The quantitative estimate of drug-likeness (QED) is 0.270. The highest BCUT2D eigenvalue weighted by molar-refractivity contribution is 7.12. The Balaban J connectivity index is 1.82. The molecule has 3 aromatic heterocycles. The highest BCUT2D eigenvalue weighted by atomic mass is 32.1. The number of hydrogen-bond acceptors (Lipinski definition) is 6. The number of hydrogen-bond donors (Lipinski definition) is 4. The van der Waals surface area contributed by atoms with E-state index in [0.29, 0.717) is 38.7 Å². The summed E-state index contributed by atoms with van der Waals surface area (Å²) in [6.45, 7) is 3.51. The van der Waals surface area contributed by atoms with Crippen LogP contribution in [-0.2, 0) is 0 Å². The van der Waals surface area contributed by atoms with Gasteiger partial charge in [0.2, 0.25) is 0 Å². The lowest BCUT2D eigenvalue weighted by Crippen LogP contribution is -2.20. The van der Waals surface area contributed by atoms with E-state index >= 15 is 0 Å². The third kappa shape index (κ3) is 3.73. The lowest BCUT2D eigenvalue weighted by atomic mass is 9.85. The molecule has 0 atom stereocenters. The van der Waals surface area contributed by atoms with Crippen LogP contribution in [0.3, 0.4) is 0 Å². The van der Waals surface area contributed by atoms with Crippen molar-refractivity contribution in [2.24, 2.45) is 0 Å². The normalized spacial score (nSPS) is 11.1. The summed E-state index contributed by atoms with van der Waals surface area (Å²) in [5.41, 5.74) is 2.04. The van der Waals surface area contributed by atoms with E-state index in [4.69, 9.17) is 9.47 Å². The van der Waals surface area contributed by atoms with Gasteiger partial charge in [-0.1, -0.05) is 12.1 Å². The van der Waals surface area contributed by atoms with Crippen molar-refractivity contribution in [3.8, 4) is 11.5 Å². The summed E-state index contributed by atoms with van der Waals surface area (Å²) in [5.74, 6) is -0.612. The molecule has 4 aromatic rings. The number of ether oxygens (including phenoxy) is 2. The van der Waals surface area contributed by atoms with Crippen LogP contribution >= 0.6 is 11.3 Å². The van der Waals surface area contributed by atoms with Crippen molar-refractivity contribution in [1.82, 2.24) is 20.4 Å². The molecular weight excluding hydrogens is 420 g/mol. The molecule has 31 heavy (non-hydrogen) atoms. The number of carbonyl (C=O) groups is 1. The topological polar surface area (TPSA) is 133 Å². The second-order valence-electron chi connectivity index (χ2n) is 6.95. The molecule has 9 nitrogen and oxygen atoms in total. The summed E-state index contributed by atoms with van der Waals surface area (Å²) < 4.78 is 10.9. The van der Waals surface area contributed by atoms with E-state index in [1.807, 2.05) is 0 Å². The van der Waals surface area contributed by atoms with Gasteiger partial charge in [0.05, 0.1) is 18.2 Å². The van der Waals surface area contributed by atoms with E-state index in [-0.39, 0.29) is 16.9 Å². The van der Waals surface area contributed by atoms with Crippen LogP contribution in [0.2, 0.25) is 0 Å². The van der Waals surface area contributed by atoms with Crippen molar-refractivity contribution in [2.75, 3.05) is 7.11 Å². The van der Waals surface area contributed by atoms with E-state index in [1.54, 1.807) is 49.6 Å². The fourth-order valence-corrected chi connectivity index (χ4v) is 4.18. The lowest BCUT2D eigenvalue weighted by molar-refractivity contribution is 0.0735. The van der Waals surface area contributed by atoms with Crippen LogP contribution < -0.4 is 20.6 Å². The summed E-state index contributed by atoms with van der Waals surface area (Å²) in [7, 11) is 1.46. The van der Waals surface area contributed by atoms with Gasteiger partial charge in [0, 0.05) is 17.3 Å². The summed E-state index contributed by atoms with van der Waals surface area (Å²) in [6, 6.07) is 8.41. The van der Waals surface area contributed by atoms with Crippen molar-refractivity contribution < 1.29 is 14.3 Å². The number of rotatable bonds is 6. The third-order valence-corrected chi connectivity index (χ3v) is 5.90. The average molecular weight is 440 g/mol. The second-order valence-corrected chi connectivity index (χ2v) is 7.89. The number of esters is 1. The van der Waals surface area contributed by atoms with Gasteiger partial charge in [-0.3, -0.25) is 19.8 Å². The predicted octanol–water partition coefficient (Wildman–Crippen LogP) is 2.81. The maximum Gasteiger partial charge on any atom is 0.353 e. The highest BCUT2D eigenvalue weighted by Gasteiger charge is 2.29. The Morgan fingerprint density at radius 3 is 2.06 bits per heavy atom. The van der Waals surface area contributed by atoms with E-state index < -0.39 is 11.9 Å². The zero-order valence-electron chi connectivity index (χ0n) is 17.0. The smallest absolute Gasteiger partial charge is 0.353 e. The summed E-state index contributed by atoms with van der Waals surface area (Å²) in [6.07, 6.45) is 0. The van der Waals surface area contributed by atoms with Crippen molar-refractivity contribution in [1.29, 1.82) is 0 Å². The lowest BCUT2D eigenvalue weighted by Gasteiger charge is -2.18. The number of H-pyrrole nitrogens is 4. The van der Waals surface area contributed by atoms with Crippen LogP contribution in [0, 0.1) is 13.8 Å². The molecule has 0 amide bonds. The highest BCUT2D eigenvalue weighted by Crippen LogP contribution is 2.37. The van der Waals surface area contributed by atoms with Gasteiger partial charge in [0.25, 0.3) is 11.1 Å². The number of carbonyl (C=O) groups excluding carboxylic acids is 1. The molecule has 4 rings (SSSR count). The van der Waals surface area contributed by atoms with Crippen molar-refractivity contribution in [2.45, 2.75) is 19.8 Å². The van der Waals surface area contributed by atoms with Gasteiger partial charge in [0.1, 0.15) is 4.88 Å². The third-order valence-electron chi connectivity index (χ3n) is 5.05. The molecular formula is C21H20N4O5S. The molecule has 0 aliphatic carbocycles. The van der Waals surface area contributed by atoms with E-state index in [1.165, 1.54) is 18.4 Å². The van der Waals surface area contributed by atoms with Gasteiger partial charge >= 0.3 is 5.97 Å². The number of aromatic amines is 4. The maximum absolute atomic E-state index is 12.6. The molecule has 0 bridgehead atoms. The molecule has 0 aliphatic rings. The van der Waals surface area contributed by atoms with Gasteiger partial charge in [0.15, 0.2) is 11.5 Å². The van der Waals surface area contributed by atoms with Gasteiger partial charge < -0.3 is 19.7 Å². The summed E-state index contributed by atoms with van der Waals surface area (Å²) in [5, 5.41) is 12.5. The zero-order chi connectivity index (χ0) is 22.1. The predicted molar refractivity (Wildman–Crippen MR) is 116 cm³/mol. The first kappa shape index (κ1) is 20.5. The minimum absolute atomic E-state index is 0.239. The average Bonchev–Trinajstić information content (AvgIpc) is 3.48. The Hall–Kier alpha value is -3.79. The number of thiophene rings is 1. The molecule has 1 aromatic carbocycles. The molecule has 0 saturated carbocycles. The number of aromatic nitrogens is 4. The first-order chi connectivity index (χ1) is 14.9. The SMILES string of the molecule is COc1cc(C(c2c(C)[nH][nH]c2=O)c2c(C)[nH][nH]c2=O)ccc1OC(=O)c1cccs1. The van der Waals surface area contributed by atoms with Crippen LogP contribution in [0.25, 0.3) is 0 Å². The molecule has 160 valence electrons. The summed E-state index contributed by atoms with van der Waals surface area (Å²) >= 11 is 1.28. The van der Waals surface area contributed by atoms with Gasteiger partial charge in [-0.05, 0) is 43.0 Å². The molecule has 0 radical (unpaired) electrons. The van der Waals surface area contributed by atoms with Crippen molar-refractivity contribution in [3.63, 3.8) is 0 Å². The van der Waals surface area contributed by atoms with Crippen LogP contribution in [0.5, 0.6) is 11.5 Å². The molecule has 0 fully saturated rings. The maximum atomic E-state index is 12.6. The van der Waals surface area contributed by atoms with Crippen LogP contribution in [0.4, 0.5) is 0 Å². The number of methoxy groups -OCH3 is 1. The van der Waals surface area contributed by atoms with Crippen molar-refractivity contribution >= 4 is 17.3 Å². The van der Waals surface area contributed by atoms with E-state index in [2.05, 4.69) is 20.4 Å². The first-order valence-electron chi connectivity index (χ1n) is 9.38. The van der Waals surface area contributed by atoms with Gasteiger partial charge in [-0.15, -0.1) is 11.3 Å². The minimum atomic E-state index is -0.666. The van der Waals surface area contributed by atoms with E-state index in [9.17, 15) is 14.4 Å². The largest absolute Gasteiger partial charge is 0.493 e. The standard InChI is InChI=1S/C21H20N4O5S/c1-10-16(19(26)24-22-10)18(17-11(2)23-25-20(17)27)12-6-7-13(14(9-12)29-3)30-21(28)15-5-4-8-31-15/h4-9,18H,1-3H3,(H2,22,24,26)(H2,23,25,27). The molecule has 0 spiro atoms. The Morgan fingerprint density at radius 2 is 1.58 bits per heavy atom. The Morgan fingerprint density at radius 1 is 0.935 bits per heavy atom.